The standard InChI is InChI=1S/C10H11N3O/c11-10-6-7-12(13(10)8-14)9-4-2-1-3-5-9/h1-6,8H,7,11H2. The third kappa shape index (κ3) is 1.31. The predicted molar refractivity (Wildman–Crippen MR) is 54.0 cm³/mol. The summed E-state index contributed by atoms with van der Waals surface area (Å²) in [6.45, 7) is 0.634. The second-order valence-corrected chi connectivity index (χ2v) is 3.00. The highest BCUT2D eigenvalue weighted by molar-refractivity contribution is 5.60. The maximum Gasteiger partial charge on any atom is 0.234 e. The van der Waals surface area contributed by atoms with E-state index in [0.717, 1.165) is 5.69 Å². The second-order valence-electron chi connectivity index (χ2n) is 3.00. The van der Waals surface area contributed by atoms with E-state index in [-0.39, 0.29) is 0 Å². The van der Waals surface area contributed by atoms with Gasteiger partial charge in [-0.2, -0.15) is 0 Å². The molecule has 4 heteroatoms. The lowest BCUT2D eigenvalue weighted by atomic mass is 10.3. The molecule has 0 bridgehead atoms. The van der Waals surface area contributed by atoms with Crippen molar-refractivity contribution in [2.75, 3.05) is 11.6 Å². The first kappa shape index (κ1) is 8.62. The first-order valence-corrected chi connectivity index (χ1v) is 4.35. The van der Waals surface area contributed by atoms with E-state index in [1.54, 1.807) is 6.08 Å². The summed E-state index contributed by atoms with van der Waals surface area (Å²) in [5.41, 5.74) is 6.59. The Morgan fingerprint density at radius 3 is 2.64 bits per heavy atom. The van der Waals surface area contributed by atoms with Crippen molar-refractivity contribution in [1.82, 2.24) is 5.01 Å². The number of nitrogens with two attached hydrogens (primary N) is 1. The Balaban J connectivity index is 2.26. The van der Waals surface area contributed by atoms with Crippen LogP contribution in [0.3, 0.4) is 0 Å². The van der Waals surface area contributed by atoms with Crippen molar-refractivity contribution in [1.29, 1.82) is 0 Å². The quantitative estimate of drug-likeness (QED) is 0.696. The number of benzene rings is 1. The molecule has 0 fully saturated rings. The van der Waals surface area contributed by atoms with E-state index in [2.05, 4.69) is 0 Å². The molecule has 0 saturated carbocycles. The molecule has 1 heterocycles. The van der Waals surface area contributed by atoms with E-state index >= 15 is 0 Å². The van der Waals surface area contributed by atoms with Crippen molar-refractivity contribution in [3.05, 3.63) is 42.2 Å². The molecule has 0 aliphatic carbocycles. The summed E-state index contributed by atoms with van der Waals surface area (Å²) in [6.07, 6.45) is 2.52. The van der Waals surface area contributed by atoms with Crippen molar-refractivity contribution in [3.8, 4) is 0 Å². The van der Waals surface area contributed by atoms with E-state index in [4.69, 9.17) is 5.73 Å². The Kier molecular flexibility index (Phi) is 2.10. The van der Waals surface area contributed by atoms with Crippen molar-refractivity contribution < 1.29 is 4.79 Å². The highest BCUT2D eigenvalue weighted by Gasteiger charge is 2.20. The van der Waals surface area contributed by atoms with E-state index in [1.807, 2.05) is 35.3 Å². The van der Waals surface area contributed by atoms with Crippen molar-refractivity contribution in [2.24, 2.45) is 5.73 Å². The second kappa shape index (κ2) is 3.41. The van der Waals surface area contributed by atoms with Gasteiger partial charge >= 0.3 is 0 Å². The Morgan fingerprint density at radius 2 is 2.00 bits per heavy atom. The van der Waals surface area contributed by atoms with E-state index in [9.17, 15) is 4.79 Å². The molecule has 72 valence electrons. The van der Waals surface area contributed by atoms with Crippen LogP contribution in [0.5, 0.6) is 0 Å². The summed E-state index contributed by atoms with van der Waals surface area (Å²) < 4.78 is 0. The summed E-state index contributed by atoms with van der Waals surface area (Å²) in [5, 5.41) is 3.21. The molecule has 0 unspecified atom stereocenters. The molecule has 0 saturated heterocycles. The predicted octanol–water partition coefficient (Wildman–Crippen LogP) is 0.680. The van der Waals surface area contributed by atoms with Gasteiger partial charge in [-0.05, 0) is 18.2 Å². The molecular formula is C10H11N3O. The number of hydrogen-bond acceptors (Lipinski definition) is 3. The van der Waals surface area contributed by atoms with Gasteiger partial charge in [0.05, 0.1) is 12.2 Å². The lowest BCUT2D eigenvalue weighted by Crippen LogP contribution is -2.38. The van der Waals surface area contributed by atoms with Crippen LogP contribution in [-0.2, 0) is 4.79 Å². The molecule has 14 heavy (non-hydrogen) atoms. The third-order valence-corrected chi connectivity index (χ3v) is 2.15. The van der Waals surface area contributed by atoms with Gasteiger partial charge in [-0.1, -0.05) is 18.2 Å². The molecule has 0 aromatic heterocycles. The fraction of sp³-hybridized carbons (Fsp3) is 0.100. The zero-order valence-electron chi connectivity index (χ0n) is 7.63. The molecule has 0 atom stereocenters. The van der Waals surface area contributed by atoms with Crippen LogP contribution in [0.15, 0.2) is 42.2 Å². The van der Waals surface area contributed by atoms with Crippen molar-refractivity contribution in [3.63, 3.8) is 0 Å². The van der Waals surface area contributed by atoms with Gasteiger partial charge in [0, 0.05) is 0 Å². The number of hydrazine groups is 1. The first-order chi connectivity index (χ1) is 6.83. The molecule has 0 spiro atoms. The van der Waals surface area contributed by atoms with Crippen molar-refractivity contribution in [2.45, 2.75) is 0 Å². The van der Waals surface area contributed by atoms with Crippen LogP contribution in [0.2, 0.25) is 0 Å². The van der Waals surface area contributed by atoms with Gasteiger partial charge in [0.1, 0.15) is 5.82 Å². The van der Waals surface area contributed by atoms with Crippen LogP contribution < -0.4 is 10.7 Å². The molecule has 1 aromatic carbocycles. The number of anilines is 1. The van der Waals surface area contributed by atoms with Crippen LogP contribution in [0.1, 0.15) is 0 Å². The summed E-state index contributed by atoms with van der Waals surface area (Å²) in [7, 11) is 0. The Bertz CT molecular complexity index is 361. The fourth-order valence-electron chi connectivity index (χ4n) is 1.45. The lowest BCUT2D eigenvalue weighted by Gasteiger charge is -2.26. The third-order valence-electron chi connectivity index (χ3n) is 2.15. The monoisotopic (exact) mass is 189 g/mol. The highest BCUT2D eigenvalue weighted by atomic mass is 16.2. The van der Waals surface area contributed by atoms with Gasteiger partial charge < -0.3 is 5.73 Å². The largest absolute Gasteiger partial charge is 0.384 e. The molecule has 2 rings (SSSR count). The normalized spacial score (nSPS) is 15.6. The minimum absolute atomic E-state index is 0.476. The van der Waals surface area contributed by atoms with E-state index in [1.165, 1.54) is 5.01 Å². The summed E-state index contributed by atoms with van der Waals surface area (Å²) in [5.74, 6) is 0.476. The van der Waals surface area contributed by atoms with Gasteiger partial charge in [-0.15, -0.1) is 0 Å². The Labute approximate surface area is 82.2 Å². The fourth-order valence-corrected chi connectivity index (χ4v) is 1.45. The van der Waals surface area contributed by atoms with Crippen LogP contribution in [0, 0.1) is 0 Å². The number of rotatable bonds is 2. The molecule has 1 aliphatic rings. The average Bonchev–Trinajstić information content (AvgIpc) is 2.61. The maximum atomic E-state index is 10.8. The molecule has 4 nitrogen and oxygen atoms in total. The highest BCUT2D eigenvalue weighted by Crippen LogP contribution is 2.20. The van der Waals surface area contributed by atoms with Gasteiger partial charge in [-0.25, -0.2) is 5.01 Å². The Morgan fingerprint density at radius 1 is 1.29 bits per heavy atom. The van der Waals surface area contributed by atoms with Crippen LogP contribution >= 0.6 is 0 Å². The first-order valence-electron chi connectivity index (χ1n) is 4.35. The number of nitrogens with zero attached hydrogens (tertiary/aromatic N) is 2. The summed E-state index contributed by atoms with van der Waals surface area (Å²) >= 11 is 0. The number of hydrogen-bond donors (Lipinski definition) is 1. The molecule has 1 amide bonds. The SMILES string of the molecule is NC1=CCN(c2ccccc2)N1C=O. The van der Waals surface area contributed by atoms with Crippen LogP contribution in [0.4, 0.5) is 5.69 Å². The topological polar surface area (TPSA) is 49.6 Å². The molecule has 0 radical (unpaired) electrons. The zero-order chi connectivity index (χ0) is 9.97. The van der Waals surface area contributed by atoms with Crippen molar-refractivity contribution >= 4 is 12.1 Å². The summed E-state index contributed by atoms with van der Waals surface area (Å²) in [4.78, 5) is 10.8. The number of amides is 1. The van der Waals surface area contributed by atoms with Gasteiger partial charge in [-0.3, -0.25) is 9.80 Å². The smallest absolute Gasteiger partial charge is 0.234 e. The van der Waals surface area contributed by atoms with Crippen LogP contribution in [-0.4, -0.2) is 18.0 Å². The zero-order valence-corrected chi connectivity index (χ0v) is 7.63. The molecule has 2 N–H and O–H groups in total. The van der Waals surface area contributed by atoms with Gasteiger partial charge in [0.2, 0.25) is 6.41 Å². The number of carbonyl (C=O) groups excluding carboxylic acids is 1. The molecule has 1 aromatic rings. The minimum Gasteiger partial charge on any atom is -0.384 e. The molecular weight excluding hydrogens is 178 g/mol. The van der Waals surface area contributed by atoms with Crippen LogP contribution in [0.25, 0.3) is 0 Å². The van der Waals surface area contributed by atoms with E-state index < -0.39 is 0 Å². The maximum absolute atomic E-state index is 10.8. The molecule has 1 aliphatic heterocycles. The summed E-state index contributed by atoms with van der Waals surface area (Å²) in [6, 6.07) is 9.65. The number of carbonyl (C=O) groups is 1. The number of para-hydroxylation sites is 1. The van der Waals surface area contributed by atoms with Gasteiger partial charge in [0.25, 0.3) is 0 Å². The van der Waals surface area contributed by atoms with Gasteiger partial charge in [0.15, 0.2) is 0 Å². The lowest BCUT2D eigenvalue weighted by molar-refractivity contribution is -0.116. The Hall–Kier alpha value is -1.97. The van der Waals surface area contributed by atoms with E-state index in [0.29, 0.717) is 18.8 Å². The minimum atomic E-state index is 0.476. The average molecular weight is 189 g/mol.